The number of rotatable bonds is 7. The number of anilines is 1. The molecule has 0 bridgehead atoms. The first kappa shape index (κ1) is 21.4. The van der Waals surface area contributed by atoms with E-state index in [0.29, 0.717) is 20.7 Å². The Kier molecular flexibility index (Phi) is 6.94. The summed E-state index contributed by atoms with van der Waals surface area (Å²) < 4.78 is 6.87. The van der Waals surface area contributed by atoms with Crippen molar-refractivity contribution in [3.63, 3.8) is 0 Å². The van der Waals surface area contributed by atoms with Crippen LogP contribution in [0, 0.1) is 13.8 Å². The highest BCUT2D eigenvalue weighted by atomic mass is 35.5. The molecule has 0 saturated heterocycles. The van der Waals surface area contributed by atoms with Crippen LogP contribution in [0.2, 0.25) is 5.02 Å². The third kappa shape index (κ3) is 4.98. The molecule has 0 saturated carbocycles. The number of carbonyl (C=O) groups is 2. The van der Waals surface area contributed by atoms with Gasteiger partial charge in [-0.05, 0) is 44.5 Å². The Balaban J connectivity index is 1.70. The van der Waals surface area contributed by atoms with Crippen LogP contribution < -0.4 is 5.32 Å². The molecule has 0 atom stereocenters. The molecular formula is C19H19ClN4O3S2. The maximum absolute atomic E-state index is 12.5. The lowest BCUT2D eigenvalue weighted by Gasteiger charge is -2.08. The molecule has 0 unspecified atom stereocenters. The molecule has 1 N–H and O–H groups in total. The van der Waals surface area contributed by atoms with Gasteiger partial charge in [-0.15, -0.1) is 21.5 Å². The molecule has 3 rings (SSSR count). The molecule has 0 radical (unpaired) electrons. The van der Waals surface area contributed by atoms with Gasteiger partial charge in [-0.3, -0.25) is 9.36 Å². The van der Waals surface area contributed by atoms with E-state index in [1.54, 1.807) is 30.0 Å². The van der Waals surface area contributed by atoms with E-state index >= 15 is 0 Å². The lowest BCUT2D eigenvalue weighted by atomic mass is 10.1. The van der Waals surface area contributed by atoms with E-state index in [2.05, 4.69) is 15.5 Å². The van der Waals surface area contributed by atoms with Crippen LogP contribution in [0.25, 0.3) is 5.69 Å². The number of aromatic nitrogens is 3. The molecule has 2 aromatic heterocycles. The second-order valence-electron chi connectivity index (χ2n) is 6.01. The van der Waals surface area contributed by atoms with Crippen molar-refractivity contribution in [1.29, 1.82) is 0 Å². The van der Waals surface area contributed by atoms with Gasteiger partial charge in [0.1, 0.15) is 11.3 Å². The molecule has 0 aliphatic rings. The maximum atomic E-state index is 12.5. The summed E-state index contributed by atoms with van der Waals surface area (Å²) in [5.74, 6) is -0.571. The first-order valence-electron chi connectivity index (χ1n) is 8.76. The Morgan fingerprint density at radius 3 is 2.86 bits per heavy atom. The van der Waals surface area contributed by atoms with E-state index < -0.39 is 5.97 Å². The van der Waals surface area contributed by atoms with Crippen molar-refractivity contribution in [2.75, 3.05) is 17.7 Å². The quantitative estimate of drug-likeness (QED) is 0.421. The summed E-state index contributed by atoms with van der Waals surface area (Å²) in [5, 5.41) is 12.5. The number of nitrogens with one attached hydrogen (secondary N) is 1. The minimum atomic E-state index is -0.432. The number of thioether (sulfide) groups is 1. The van der Waals surface area contributed by atoms with Crippen LogP contribution in [-0.2, 0) is 9.53 Å². The predicted molar refractivity (Wildman–Crippen MR) is 115 cm³/mol. The number of benzene rings is 1. The van der Waals surface area contributed by atoms with Crippen LogP contribution in [0.4, 0.5) is 5.00 Å². The van der Waals surface area contributed by atoms with Gasteiger partial charge in [-0.25, -0.2) is 4.79 Å². The van der Waals surface area contributed by atoms with Crippen LogP contribution in [0.5, 0.6) is 0 Å². The Morgan fingerprint density at radius 1 is 1.34 bits per heavy atom. The lowest BCUT2D eigenvalue weighted by molar-refractivity contribution is -0.113. The SMILES string of the molecule is CCOC(=O)c1c(NC(=O)CSc2nncn2-c2cccc(Cl)c2)sc(C)c1C. The Labute approximate surface area is 181 Å². The topological polar surface area (TPSA) is 86.1 Å². The molecule has 3 aromatic rings. The van der Waals surface area contributed by atoms with Gasteiger partial charge >= 0.3 is 5.97 Å². The molecule has 0 fully saturated rings. The number of amides is 1. The molecule has 1 aromatic carbocycles. The van der Waals surface area contributed by atoms with Gasteiger partial charge in [0, 0.05) is 9.90 Å². The average Bonchev–Trinajstić information content (AvgIpc) is 3.25. The van der Waals surface area contributed by atoms with Crippen molar-refractivity contribution in [1.82, 2.24) is 14.8 Å². The number of carbonyl (C=O) groups excluding carboxylic acids is 2. The van der Waals surface area contributed by atoms with Crippen LogP contribution in [0.1, 0.15) is 27.7 Å². The number of hydrogen-bond donors (Lipinski definition) is 1. The second kappa shape index (κ2) is 9.43. The highest BCUT2D eigenvalue weighted by Gasteiger charge is 2.22. The Bertz CT molecular complexity index is 1050. The average molecular weight is 451 g/mol. The van der Waals surface area contributed by atoms with Crippen LogP contribution in [-0.4, -0.2) is 39.0 Å². The highest BCUT2D eigenvalue weighted by Crippen LogP contribution is 2.33. The third-order valence-corrected chi connectivity index (χ3v) is 6.35. The van der Waals surface area contributed by atoms with Crippen molar-refractivity contribution in [2.45, 2.75) is 25.9 Å². The number of aryl methyl sites for hydroxylation is 1. The van der Waals surface area contributed by atoms with E-state index in [1.807, 2.05) is 26.0 Å². The molecule has 10 heteroatoms. The predicted octanol–water partition coefficient (Wildman–Crippen LogP) is 4.51. The van der Waals surface area contributed by atoms with Crippen molar-refractivity contribution in [3.05, 3.63) is 51.6 Å². The van der Waals surface area contributed by atoms with E-state index in [4.69, 9.17) is 16.3 Å². The van der Waals surface area contributed by atoms with Gasteiger partial charge in [0.25, 0.3) is 0 Å². The zero-order valence-corrected chi connectivity index (χ0v) is 18.5. The zero-order chi connectivity index (χ0) is 21.0. The van der Waals surface area contributed by atoms with Gasteiger partial charge in [-0.1, -0.05) is 29.4 Å². The molecule has 0 spiro atoms. The first-order valence-corrected chi connectivity index (χ1v) is 10.9. The van der Waals surface area contributed by atoms with Crippen LogP contribution in [0.3, 0.4) is 0 Å². The number of hydrogen-bond acceptors (Lipinski definition) is 7. The fraction of sp³-hybridized carbons (Fsp3) is 0.263. The van der Waals surface area contributed by atoms with Gasteiger partial charge < -0.3 is 10.1 Å². The lowest BCUT2D eigenvalue weighted by Crippen LogP contribution is -2.16. The molecular weight excluding hydrogens is 432 g/mol. The summed E-state index contributed by atoms with van der Waals surface area (Å²) in [7, 11) is 0. The largest absolute Gasteiger partial charge is 0.462 e. The van der Waals surface area contributed by atoms with Gasteiger partial charge in [0.05, 0.1) is 23.6 Å². The number of nitrogens with zero attached hydrogens (tertiary/aromatic N) is 3. The molecule has 1 amide bonds. The monoisotopic (exact) mass is 450 g/mol. The number of ether oxygens (including phenoxy) is 1. The van der Waals surface area contributed by atoms with Gasteiger partial charge in [0.15, 0.2) is 5.16 Å². The molecule has 29 heavy (non-hydrogen) atoms. The minimum absolute atomic E-state index is 0.109. The van der Waals surface area contributed by atoms with Crippen molar-refractivity contribution < 1.29 is 14.3 Å². The van der Waals surface area contributed by atoms with Crippen molar-refractivity contribution >= 4 is 51.6 Å². The third-order valence-electron chi connectivity index (χ3n) is 4.05. The van der Waals surface area contributed by atoms with E-state index in [0.717, 1.165) is 16.1 Å². The summed E-state index contributed by atoms with van der Waals surface area (Å²) in [5.41, 5.74) is 2.03. The number of halogens is 1. The normalized spacial score (nSPS) is 10.8. The van der Waals surface area contributed by atoms with E-state index in [9.17, 15) is 9.59 Å². The zero-order valence-electron chi connectivity index (χ0n) is 16.1. The summed E-state index contributed by atoms with van der Waals surface area (Å²) in [4.78, 5) is 25.7. The summed E-state index contributed by atoms with van der Waals surface area (Å²) >= 11 is 8.65. The van der Waals surface area contributed by atoms with Gasteiger partial charge in [0.2, 0.25) is 5.91 Å². The summed E-state index contributed by atoms with van der Waals surface area (Å²) in [6, 6.07) is 7.28. The van der Waals surface area contributed by atoms with E-state index in [-0.39, 0.29) is 18.3 Å². The molecule has 2 heterocycles. The van der Waals surface area contributed by atoms with Crippen molar-refractivity contribution in [3.8, 4) is 5.69 Å². The van der Waals surface area contributed by atoms with Crippen LogP contribution in [0.15, 0.2) is 35.7 Å². The maximum Gasteiger partial charge on any atom is 0.341 e. The number of esters is 1. The molecule has 0 aliphatic heterocycles. The Hall–Kier alpha value is -2.36. The highest BCUT2D eigenvalue weighted by molar-refractivity contribution is 7.99. The summed E-state index contributed by atoms with van der Waals surface area (Å²) in [6.45, 7) is 5.77. The number of thiophene rings is 1. The van der Waals surface area contributed by atoms with Crippen LogP contribution >= 0.6 is 34.7 Å². The van der Waals surface area contributed by atoms with Gasteiger partial charge in [-0.2, -0.15) is 0 Å². The molecule has 7 nitrogen and oxygen atoms in total. The fourth-order valence-corrected chi connectivity index (χ4v) is 4.56. The van der Waals surface area contributed by atoms with E-state index in [1.165, 1.54) is 23.1 Å². The standard InChI is InChI=1S/C19H19ClN4O3S2/c1-4-27-18(26)16-11(2)12(3)29-17(16)22-15(25)9-28-19-23-21-10-24(19)14-7-5-6-13(20)8-14/h5-8,10H,4,9H2,1-3H3,(H,22,25). The first-order chi connectivity index (χ1) is 13.9. The van der Waals surface area contributed by atoms with Crippen molar-refractivity contribution in [2.24, 2.45) is 0 Å². The Morgan fingerprint density at radius 2 is 2.14 bits per heavy atom. The minimum Gasteiger partial charge on any atom is -0.462 e. The molecule has 0 aliphatic carbocycles. The molecule has 152 valence electrons. The summed E-state index contributed by atoms with van der Waals surface area (Å²) in [6.07, 6.45) is 1.57. The smallest absolute Gasteiger partial charge is 0.341 e. The second-order valence-corrected chi connectivity index (χ2v) is 8.61. The fourth-order valence-electron chi connectivity index (χ4n) is 2.58.